The fraction of sp³-hybridized carbons (Fsp3) is 0.130. The maximum absolute atomic E-state index is 13.1. The molecule has 3 aromatic rings. The van der Waals surface area contributed by atoms with Crippen LogP contribution in [0.3, 0.4) is 0 Å². The van der Waals surface area contributed by atoms with Crippen LogP contribution in [0.5, 0.6) is 5.75 Å². The molecule has 1 heterocycles. The van der Waals surface area contributed by atoms with E-state index in [1.165, 1.54) is 29.2 Å². The van der Waals surface area contributed by atoms with Crippen LogP contribution >= 0.6 is 11.6 Å². The lowest BCUT2D eigenvalue weighted by atomic mass is 10.0. The maximum Gasteiger partial charge on any atom is 0.255 e. The predicted molar refractivity (Wildman–Crippen MR) is 110 cm³/mol. The molecule has 3 aromatic carbocycles. The van der Waals surface area contributed by atoms with Crippen molar-refractivity contribution in [1.29, 1.82) is 0 Å². The molecule has 0 spiro atoms. The molecule has 5 nitrogen and oxygen atoms in total. The van der Waals surface area contributed by atoms with Crippen molar-refractivity contribution in [3.8, 4) is 5.75 Å². The molecule has 0 radical (unpaired) electrons. The minimum Gasteiger partial charge on any atom is -0.508 e. The Kier molecular flexibility index (Phi) is 5.42. The quantitative estimate of drug-likeness (QED) is 0.645. The summed E-state index contributed by atoms with van der Waals surface area (Å²) in [6, 6.07) is 16.4. The van der Waals surface area contributed by atoms with Gasteiger partial charge in [0.2, 0.25) is 5.91 Å². The van der Waals surface area contributed by atoms with Crippen molar-refractivity contribution in [3.05, 3.63) is 99.8 Å². The molecule has 0 saturated carbocycles. The highest BCUT2D eigenvalue weighted by atomic mass is 35.5. The van der Waals surface area contributed by atoms with Gasteiger partial charge >= 0.3 is 0 Å². The molecule has 4 rings (SSSR count). The van der Waals surface area contributed by atoms with Gasteiger partial charge in [-0.1, -0.05) is 41.9 Å². The lowest BCUT2D eigenvalue weighted by Crippen LogP contribution is -2.38. The summed E-state index contributed by atoms with van der Waals surface area (Å²) in [4.78, 5) is 27.6. The number of nitrogens with zero attached hydrogens (tertiary/aromatic N) is 1. The first-order valence-electron chi connectivity index (χ1n) is 9.33. The number of carbonyl (C=O) groups is 2. The second kappa shape index (κ2) is 8.16. The maximum atomic E-state index is 13.1. The van der Waals surface area contributed by atoms with E-state index in [0.717, 1.165) is 11.1 Å². The number of phenols is 1. The smallest absolute Gasteiger partial charge is 0.255 e. The molecule has 0 saturated heterocycles. The van der Waals surface area contributed by atoms with Crippen LogP contribution in [0.1, 0.15) is 33.1 Å². The number of halogens is 2. The van der Waals surface area contributed by atoms with Crippen molar-refractivity contribution in [2.75, 3.05) is 0 Å². The highest BCUT2D eigenvalue weighted by Crippen LogP contribution is 2.37. The minimum absolute atomic E-state index is 0.0408. The lowest BCUT2D eigenvalue weighted by molar-refractivity contribution is -0.125. The number of carbonyl (C=O) groups excluding carboxylic acids is 2. The molecule has 1 unspecified atom stereocenters. The van der Waals surface area contributed by atoms with Crippen molar-refractivity contribution in [2.24, 2.45) is 0 Å². The zero-order valence-electron chi connectivity index (χ0n) is 15.8. The Labute approximate surface area is 177 Å². The Morgan fingerprint density at radius 3 is 2.40 bits per heavy atom. The summed E-state index contributed by atoms with van der Waals surface area (Å²) in [7, 11) is 0. The van der Waals surface area contributed by atoms with E-state index >= 15 is 0 Å². The highest BCUT2D eigenvalue weighted by Gasteiger charge is 2.41. The van der Waals surface area contributed by atoms with Gasteiger partial charge in [0.05, 0.1) is 0 Å². The molecule has 1 aliphatic heterocycles. The molecule has 0 bridgehead atoms. The van der Waals surface area contributed by atoms with Crippen molar-refractivity contribution in [3.63, 3.8) is 0 Å². The molecule has 30 heavy (non-hydrogen) atoms. The SMILES string of the molecule is O=C(NCc1ccc(F)cc1)C1c2ccc(O)cc2C(=O)N1Cc1ccc(Cl)cc1. The second-order valence-corrected chi connectivity index (χ2v) is 7.51. The number of phenolic OH excluding ortho intramolecular Hbond substituents is 1. The number of hydrogen-bond donors (Lipinski definition) is 2. The van der Waals surface area contributed by atoms with Gasteiger partial charge in [-0.2, -0.15) is 0 Å². The molecule has 0 aliphatic carbocycles. The summed E-state index contributed by atoms with van der Waals surface area (Å²) in [5.41, 5.74) is 2.39. The zero-order valence-corrected chi connectivity index (χ0v) is 16.6. The van der Waals surface area contributed by atoms with Crippen molar-refractivity contribution >= 4 is 23.4 Å². The van der Waals surface area contributed by atoms with Crippen LogP contribution in [0.15, 0.2) is 66.7 Å². The number of hydrogen-bond acceptors (Lipinski definition) is 3. The first-order chi connectivity index (χ1) is 14.4. The Bertz CT molecular complexity index is 1100. The normalized spacial score (nSPS) is 15.2. The van der Waals surface area contributed by atoms with Gasteiger partial charge in [0.25, 0.3) is 5.91 Å². The Hall–Kier alpha value is -3.38. The third-order valence-electron chi connectivity index (χ3n) is 5.03. The predicted octanol–water partition coefficient (Wildman–Crippen LogP) is 4.20. The van der Waals surface area contributed by atoms with Gasteiger partial charge in [-0.3, -0.25) is 9.59 Å². The minimum atomic E-state index is -0.843. The number of amides is 2. The van der Waals surface area contributed by atoms with Gasteiger partial charge in [0.1, 0.15) is 17.6 Å². The number of rotatable bonds is 5. The summed E-state index contributed by atoms with van der Waals surface area (Å²) >= 11 is 5.94. The molecule has 2 N–H and O–H groups in total. The van der Waals surface area contributed by atoms with Crippen LogP contribution in [-0.2, 0) is 17.9 Å². The highest BCUT2D eigenvalue weighted by molar-refractivity contribution is 6.30. The molecule has 7 heteroatoms. The van der Waals surface area contributed by atoms with Gasteiger partial charge in [-0.15, -0.1) is 0 Å². The third-order valence-corrected chi connectivity index (χ3v) is 5.28. The van der Waals surface area contributed by atoms with Crippen LogP contribution in [0.4, 0.5) is 4.39 Å². The number of nitrogens with one attached hydrogen (secondary N) is 1. The Morgan fingerprint density at radius 1 is 1.03 bits per heavy atom. The topological polar surface area (TPSA) is 69.6 Å². The van der Waals surface area contributed by atoms with Gasteiger partial charge in [0, 0.05) is 23.7 Å². The summed E-state index contributed by atoms with van der Waals surface area (Å²) in [6.45, 7) is 0.409. The molecule has 1 atom stereocenters. The van der Waals surface area contributed by atoms with Gasteiger partial charge < -0.3 is 15.3 Å². The van der Waals surface area contributed by atoms with Crippen LogP contribution < -0.4 is 5.32 Å². The molecule has 152 valence electrons. The largest absolute Gasteiger partial charge is 0.508 e. The monoisotopic (exact) mass is 424 g/mol. The Morgan fingerprint density at radius 2 is 1.70 bits per heavy atom. The van der Waals surface area contributed by atoms with Crippen molar-refractivity contribution < 1.29 is 19.1 Å². The van der Waals surface area contributed by atoms with Crippen LogP contribution in [0.2, 0.25) is 5.02 Å². The van der Waals surface area contributed by atoms with Crippen LogP contribution in [0.25, 0.3) is 0 Å². The van der Waals surface area contributed by atoms with E-state index in [9.17, 15) is 19.1 Å². The van der Waals surface area contributed by atoms with E-state index in [1.807, 2.05) is 0 Å². The molecule has 1 aliphatic rings. The van der Waals surface area contributed by atoms with E-state index < -0.39 is 6.04 Å². The van der Waals surface area contributed by atoms with Crippen molar-refractivity contribution in [2.45, 2.75) is 19.1 Å². The van der Waals surface area contributed by atoms with Crippen molar-refractivity contribution in [1.82, 2.24) is 10.2 Å². The standard InChI is InChI=1S/C23H18ClFN2O3/c24-16-5-1-15(2-6-16)13-27-21(19-10-9-18(28)11-20(19)23(27)30)22(29)26-12-14-3-7-17(25)8-4-14/h1-11,21,28H,12-13H2,(H,26,29). The van der Waals surface area contributed by atoms with Gasteiger partial charge in [-0.25, -0.2) is 4.39 Å². The summed E-state index contributed by atoms with van der Waals surface area (Å²) in [6.07, 6.45) is 0. The summed E-state index contributed by atoms with van der Waals surface area (Å²) < 4.78 is 13.1. The molecular weight excluding hydrogens is 407 g/mol. The van der Waals surface area contributed by atoms with Gasteiger partial charge in [0.15, 0.2) is 0 Å². The summed E-state index contributed by atoms with van der Waals surface area (Å²) in [5, 5.41) is 13.2. The van der Waals surface area contributed by atoms with Gasteiger partial charge in [-0.05, 0) is 53.1 Å². The molecule has 0 fully saturated rings. The third kappa shape index (κ3) is 4.00. The first kappa shape index (κ1) is 19.9. The van der Waals surface area contributed by atoms with E-state index in [2.05, 4.69) is 5.32 Å². The molecule has 2 amide bonds. The first-order valence-corrected chi connectivity index (χ1v) is 9.70. The molecule has 0 aromatic heterocycles. The Balaban J connectivity index is 1.60. The average Bonchev–Trinajstić information content (AvgIpc) is 3.00. The van der Waals surface area contributed by atoms with Crippen LogP contribution in [-0.4, -0.2) is 21.8 Å². The summed E-state index contributed by atoms with van der Waals surface area (Å²) in [5.74, 6) is -1.08. The fourth-order valence-corrected chi connectivity index (χ4v) is 3.65. The van der Waals surface area contributed by atoms with E-state index in [-0.39, 0.29) is 36.5 Å². The number of fused-ring (bicyclic) bond motifs is 1. The van der Waals surface area contributed by atoms with E-state index in [1.54, 1.807) is 42.5 Å². The van der Waals surface area contributed by atoms with E-state index in [0.29, 0.717) is 16.1 Å². The van der Waals surface area contributed by atoms with E-state index in [4.69, 9.17) is 11.6 Å². The second-order valence-electron chi connectivity index (χ2n) is 7.08. The van der Waals surface area contributed by atoms with Crippen LogP contribution in [0, 0.1) is 5.82 Å². The number of benzene rings is 3. The fourth-order valence-electron chi connectivity index (χ4n) is 3.53. The average molecular weight is 425 g/mol. The number of aromatic hydroxyl groups is 1. The zero-order chi connectivity index (χ0) is 21.3. The lowest BCUT2D eigenvalue weighted by Gasteiger charge is -2.25. The molecular formula is C23H18ClFN2O3.